The lowest BCUT2D eigenvalue weighted by Gasteiger charge is -2.17. The van der Waals surface area contributed by atoms with Crippen molar-refractivity contribution >= 4 is 34.1 Å². The molecule has 11 heteroatoms. The molecular formula is C23H21F3N6O2. The lowest BCUT2D eigenvalue weighted by Crippen LogP contribution is -2.19. The number of carbonyl (C=O) groups excluding carboxylic acids is 1. The monoisotopic (exact) mass is 470 g/mol. The number of fused-ring (bicyclic) bond motifs is 1. The molecular weight excluding hydrogens is 449 g/mol. The summed E-state index contributed by atoms with van der Waals surface area (Å²) in [5, 5.41) is 17.3. The average molecular weight is 470 g/mol. The van der Waals surface area contributed by atoms with Crippen molar-refractivity contribution < 1.29 is 23.1 Å². The minimum Gasteiger partial charge on any atom is -0.395 e. The first kappa shape index (κ1) is 23.1. The van der Waals surface area contributed by atoms with Crippen LogP contribution in [0.3, 0.4) is 0 Å². The van der Waals surface area contributed by atoms with E-state index in [1.165, 1.54) is 19.2 Å². The van der Waals surface area contributed by atoms with E-state index < -0.39 is 17.6 Å². The molecule has 0 atom stereocenters. The number of benzene rings is 1. The first-order chi connectivity index (χ1) is 16.3. The lowest BCUT2D eigenvalue weighted by atomic mass is 10.1. The number of aliphatic hydroxyl groups excluding tert-OH is 1. The van der Waals surface area contributed by atoms with Crippen LogP contribution >= 0.6 is 0 Å². The van der Waals surface area contributed by atoms with Crippen LogP contribution in [0.1, 0.15) is 15.9 Å². The van der Waals surface area contributed by atoms with Crippen molar-refractivity contribution in [2.45, 2.75) is 6.18 Å². The summed E-state index contributed by atoms with van der Waals surface area (Å²) in [4.78, 5) is 23.5. The first-order valence-corrected chi connectivity index (χ1v) is 10.3. The van der Waals surface area contributed by atoms with E-state index in [1.807, 2.05) is 0 Å². The Morgan fingerprint density at radius 2 is 1.91 bits per heavy atom. The lowest BCUT2D eigenvalue weighted by molar-refractivity contribution is -0.137. The summed E-state index contributed by atoms with van der Waals surface area (Å²) in [6, 6.07) is 11.3. The third kappa shape index (κ3) is 4.64. The van der Waals surface area contributed by atoms with Crippen molar-refractivity contribution in [3.8, 4) is 11.3 Å². The van der Waals surface area contributed by atoms with Gasteiger partial charge in [0.05, 0.1) is 29.1 Å². The number of hydrogen-bond acceptors (Lipinski definition) is 6. The largest absolute Gasteiger partial charge is 0.419 e. The second kappa shape index (κ2) is 9.40. The quantitative estimate of drug-likeness (QED) is 0.277. The van der Waals surface area contributed by atoms with E-state index in [0.29, 0.717) is 23.6 Å². The smallest absolute Gasteiger partial charge is 0.395 e. The molecule has 0 radical (unpaired) electrons. The fourth-order valence-electron chi connectivity index (χ4n) is 3.48. The van der Waals surface area contributed by atoms with Gasteiger partial charge in [-0.15, -0.1) is 0 Å². The molecule has 8 nitrogen and oxygen atoms in total. The van der Waals surface area contributed by atoms with Crippen molar-refractivity contribution in [1.29, 1.82) is 0 Å². The topological polar surface area (TPSA) is 115 Å². The summed E-state index contributed by atoms with van der Waals surface area (Å²) in [6.45, 7) is 0.299. The van der Waals surface area contributed by atoms with Crippen LogP contribution in [0.15, 0.2) is 54.9 Å². The standard InChI is InChI=1S/C23H21F3N6O2/c1-27-22(34)14-4-2-3-5-17(14)31-20-15-10-18(13-6-7-19(29-11-13)28-8-9-33)32-21(15)30-12-16(20)23(24,25)26/h2-7,10-12,33H,8-9H2,1H3,(H,27,34)(H,28,29)(H2,30,31,32). The molecule has 4 aromatic rings. The van der Waals surface area contributed by atoms with Crippen molar-refractivity contribution in [3.63, 3.8) is 0 Å². The number of hydrogen-bond donors (Lipinski definition) is 5. The van der Waals surface area contributed by atoms with Gasteiger partial charge in [0.15, 0.2) is 0 Å². The molecule has 1 amide bonds. The Balaban J connectivity index is 1.80. The normalized spacial score (nSPS) is 11.4. The van der Waals surface area contributed by atoms with Gasteiger partial charge in [-0.25, -0.2) is 9.97 Å². The van der Waals surface area contributed by atoms with E-state index in [2.05, 4.69) is 30.9 Å². The number of rotatable bonds is 7. The van der Waals surface area contributed by atoms with Gasteiger partial charge in [0, 0.05) is 42.6 Å². The number of H-pyrrole nitrogens is 1. The number of carbonyl (C=O) groups is 1. The van der Waals surface area contributed by atoms with Crippen molar-refractivity contribution in [3.05, 3.63) is 66.0 Å². The zero-order valence-electron chi connectivity index (χ0n) is 18.0. The van der Waals surface area contributed by atoms with Crippen LogP contribution in [0, 0.1) is 0 Å². The van der Waals surface area contributed by atoms with Crippen molar-refractivity contribution in [2.75, 3.05) is 30.8 Å². The van der Waals surface area contributed by atoms with Crippen LogP contribution < -0.4 is 16.0 Å². The molecule has 176 valence electrons. The Hall–Kier alpha value is -4.12. The van der Waals surface area contributed by atoms with E-state index in [0.717, 1.165) is 6.20 Å². The van der Waals surface area contributed by atoms with Crippen LogP contribution in [-0.2, 0) is 6.18 Å². The van der Waals surface area contributed by atoms with Gasteiger partial charge in [0.2, 0.25) is 0 Å². The van der Waals surface area contributed by atoms with Crippen LogP contribution in [0.25, 0.3) is 22.3 Å². The summed E-state index contributed by atoms with van der Waals surface area (Å²) in [6.07, 6.45) is -2.36. The number of alkyl halides is 3. The second-order valence-electron chi connectivity index (χ2n) is 7.32. The molecule has 0 aliphatic heterocycles. The maximum absolute atomic E-state index is 13.9. The number of para-hydroxylation sites is 1. The van der Waals surface area contributed by atoms with Crippen LogP contribution in [0.5, 0.6) is 0 Å². The minimum atomic E-state index is -4.68. The molecule has 0 saturated heterocycles. The molecule has 4 rings (SSSR count). The number of aromatic amines is 1. The predicted molar refractivity (Wildman–Crippen MR) is 123 cm³/mol. The molecule has 0 aliphatic carbocycles. The predicted octanol–water partition coefficient (Wildman–Crippen LogP) is 4.15. The second-order valence-corrected chi connectivity index (χ2v) is 7.32. The van der Waals surface area contributed by atoms with Crippen molar-refractivity contribution in [2.24, 2.45) is 0 Å². The van der Waals surface area contributed by atoms with E-state index in [1.54, 1.807) is 36.5 Å². The molecule has 0 unspecified atom stereocenters. The highest BCUT2D eigenvalue weighted by atomic mass is 19.4. The van der Waals surface area contributed by atoms with Gasteiger partial charge in [-0.05, 0) is 30.3 Å². The highest BCUT2D eigenvalue weighted by molar-refractivity contribution is 6.03. The fraction of sp³-hybridized carbons (Fsp3) is 0.174. The first-order valence-electron chi connectivity index (χ1n) is 10.3. The van der Waals surface area contributed by atoms with Crippen molar-refractivity contribution in [1.82, 2.24) is 20.3 Å². The number of amides is 1. The summed E-state index contributed by atoms with van der Waals surface area (Å²) in [7, 11) is 1.45. The summed E-state index contributed by atoms with van der Waals surface area (Å²) < 4.78 is 41.6. The van der Waals surface area contributed by atoms with Gasteiger partial charge in [0.25, 0.3) is 5.91 Å². The van der Waals surface area contributed by atoms with Gasteiger partial charge in [-0.3, -0.25) is 4.79 Å². The molecule has 0 spiro atoms. The number of nitrogens with one attached hydrogen (secondary N) is 4. The molecule has 1 aromatic carbocycles. The number of halogens is 3. The number of anilines is 3. The Bertz CT molecular complexity index is 1320. The summed E-state index contributed by atoms with van der Waals surface area (Å²) in [5.74, 6) is 0.122. The van der Waals surface area contributed by atoms with Crippen LogP contribution in [0.2, 0.25) is 0 Å². The molecule has 0 saturated carbocycles. The molecule has 34 heavy (non-hydrogen) atoms. The van der Waals surface area contributed by atoms with Gasteiger partial charge in [-0.2, -0.15) is 13.2 Å². The van der Waals surface area contributed by atoms with E-state index >= 15 is 0 Å². The zero-order valence-corrected chi connectivity index (χ0v) is 18.0. The van der Waals surface area contributed by atoms with Gasteiger partial charge < -0.3 is 26.0 Å². The number of pyridine rings is 2. The summed E-state index contributed by atoms with van der Waals surface area (Å²) in [5.41, 5.74) is 0.649. The third-order valence-electron chi connectivity index (χ3n) is 5.11. The molecule has 0 aliphatic rings. The van der Waals surface area contributed by atoms with Gasteiger partial charge in [0.1, 0.15) is 11.5 Å². The maximum Gasteiger partial charge on any atom is 0.419 e. The summed E-state index contributed by atoms with van der Waals surface area (Å²) >= 11 is 0. The molecule has 3 heterocycles. The van der Waals surface area contributed by atoms with Crippen LogP contribution in [-0.4, -0.2) is 46.2 Å². The van der Waals surface area contributed by atoms with E-state index in [9.17, 15) is 18.0 Å². The Morgan fingerprint density at radius 1 is 1.12 bits per heavy atom. The average Bonchev–Trinajstić information content (AvgIpc) is 3.27. The third-order valence-corrected chi connectivity index (χ3v) is 5.11. The van der Waals surface area contributed by atoms with E-state index in [-0.39, 0.29) is 34.6 Å². The highest BCUT2D eigenvalue weighted by Crippen LogP contribution is 2.41. The molecule has 5 N–H and O–H groups in total. The van der Waals surface area contributed by atoms with E-state index in [4.69, 9.17) is 5.11 Å². The molecule has 0 fully saturated rings. The Labute approximate surface area is 192 Å². The van der Waals surface area contributed by atoms with Gasteiger partial charge in [-0.1, -0.05) is 12.1 Å². The van der Waals surface area contributed by atoms with Crippen LogP contribution in [0.4, 0.5) is 30.4 Å². The van der Waals surface area contributed by atoms with Gasteiger partial charge >= 0.3 is 6.18 Å². The zero-order chi connectivity index (χ0) is 24.3. The molecule has 3 aromatic heterocycles. The number of aromatic nitrogens is 3. The number of nitrogens with zero attached hydrogens (tertiary/aromatic N) is 2. The Kier molecular flexibility index (Phi) is 6.37. The number of aliphatic hydroxyl groups is 1. The SMILES string of the molecule is CNC(=O)c1ccccc1Nc1c(C(F)(F)F)cnc2[nH]c(-c3ccc(NCCO)nc3)cc12. The highest BCUT2D eigenvalue weighted by Gasteiger charge is 2.35. The Morgan fingerprint density at radius 3 is 2.59 bits per heavy atom. The fourth-order valence-corrected chi connectivity index (χ4v) is 3.48. The molecule has 0 bridgehead atoms. The minimum absolute atomic E-state index is 0.0442. The maximum atomic E-state index is 13.9.